The quantitative estimate of drug-likeness (QED) is 0.149. The molecule has 0 radical (unpaired) electrons. The SMILES string of the molecule is C=CCC(=O)CCC[CH2][Sn]([CH2]CCC)([CH2]CCC)[CH2]CCC. The summed E-state index contributed by atoms with van der Waals surface area (Å²) in [5.74, 6) is 0.381. The van der Waals surface area contributed by atoms with Crippen LogP contribution in [0.3, 0.4) is 0 Å². The molecule has 1 nitrogen and oxygen atoms in total. The molecule has 0 amide bonds. The summed E-state index contributed by atoms with van der Waals surface area (Å²) in [4.78, 5) is 11.6. The van der Waals surface area contributed by atoms with Crippen LogP contribution in [0, 0.1) is 0 Å². The number of hydrogen-bond acceptors (Lipinski definition) is 1. The van der Waals surface area contributed by atoms with Crippen LogP contribution in [-0.4, -0.2) is 24.2 Å². The number of ketones is 1. The van der Waals surface area contributed by atoms with Crippen LogP contribution in [0.25, 0.3) is 0 Å². The molecular weight excluding hydrogens is 375 g/mol. The standard InChI is InChI=1S/C8H13O.3C4H9.Sn/c1-3-5-7-8(9)6-4-2;3*1-3-4-2;/h4H,1-3,5-7H2;3*1,3-4H2,2H3;. The van der Waals surface area contributed by atoms with Crippen LogP contribution in [0.4, 0.5) is 0 Å². The van der Waals surface area contributed by atoms with Crippen LogP contribution in [0.1, 0.15) is 85.0 Å². The average molecular weight is 415 g/mol. The van der Waals surface area contributed by atoms with Crippen LogP contribution in [0.5, 0.6) is 0 Å². The van der Waals surface area contributed by atoms with Crippen LogP contribution in [0.15, 0.2) is 12.7 Å². The Morgan fingerprint density at radius 2 is 1.27 bits per heavy atom. The van der Waals surface area contributed by atoms with Gasteiger partial charge in [0.15, 0.2) is 0 Å². The van der Waals surface area contributed by atoms with E-state index in [0.29, 0.717) is 12.2 Å². The Hall–Kier alpha value is 0.209. The Balaban J connectivity index is 4.44. The maximum absolute atomic E-state index is 11.6. The number of carbonyl (C=O) groups excluding carboxylic acids is 1. The second kappa shape index (κ2) is 14.8. The van der Waals surface area contributed by atoms with Gasteiger partial charge in [0.25, 0.3) is 0 Å². The van der Waals surface area contributed by atoms with E-state index in [0.717, 1.165) is 12.8 Å². The van der Waals surface area contributed by atoms with Gasteiger partial charge < -0.3 is 0 Å². The van der Waals surface area contributed by atoms with Gasteiger partial charge >= 0.3 is 144 Å². The summed E-state index contributed by atoms with van der Waals surface area (Å²) in [5.41, 5.74) is 0. The van der Waals surface area contributed by atoms with Gasteiger partial charge in [0.05, 0.1) is 0 Å². The number of rotatable bonds is 16. The van der Waals surface area contributed by atoms with E-state index < -0.39 is 18.4 Å². The first kappa shape index (κ1) is 22.2. The van der Waals surface area contributed by atoms with E-state index in [-0.39, 0.29) is 0 Å². The minimum atomic E-state index is -1.92. The van der Waals surface area contributed by atoms with E-state index in [2.05, 4.69) is 27.4 Å². The number of carbonyl (C=O) groups is 1. The van der Waals surface area contributed by atoms with Gasteiger partial charge in [-0.25, -0.2) is 0 Å². The third-order valence-corrected chi connectivity index (χ3v) is 21.1. The second-order valence-corrected chi connectivity index (χ2v) is 21.3. The van der Waals surface area contributed by atoms with Gasteiger partial charge in [0.1, 0.15) is 0 Å². The molecule has 0 atom stereocenters. The Bertz CT molecular complexity index is 264. The molecule has 22 heavy (non-hydrogen) atoms. The van der Waals surface area contributed by atoms with Crippen molar-refractivity contribution in [3.05, 3.63) is 12.7 Å². The van der Waals surface area contributed by atoms with Gasteiger partial charge in [-0.2, -0.15) is 0 Å². The Morgan fingerprint density at radius 1 is 0.818 bits per heavy atom. The molecule has 0 aliphatic carbocycles. The molecule has 0 spiro atoms. The molecule has 0 aliphatic rings. The first-order chi connectivity index (χ1) is 10.6. The molecule has 0 saturated carbocycles. The molecule has 2 heteroatoms. The summed E-state index contributed by atoms with van der Waals surface area (Å²) in [7, 11) is 0. The molecule has 0 N–H and O–H groups in total. The molecular formula is C20H40OSn. The van der Waals surface area contributed by atoms with E-state index >= 15 is 0 Å². The van der Waals surface area contributed by atoms with Crippen LogP contribution < -0.4 is 0 Å². The molecule has 0 rings (SSSR count). The molecule has 0 unspecified atom stereocenters. The van der Waals surface area contributed by atoms with Crippen molar-refractivity contribution in [1.82, 2.24) is 0 Å². The molecule has 0 aromatic heterocycles. The van der Waals surface area contributed by atoms with Gasteiger partial charge in [-0.05, 0) is 0 Å². The van der Waals surface area contributed by atoms with E-state index in [1.807, 2.05) is 0 Å². The third-order valence-electron chi connectivity index (χ3n) is 4.97. The normalized spacial score (nSPS) is 11.6. The Kier molecular flexibility index (Phi) is 14.9. The van der Waals surface area contributed by atoms with Crippen molar-refractivity contribution in [3.63, 3.8) is 0 Å². The number of allylic oxidation sites excluding steroid dienone is 1. The van der Waals surface area contributed by atoms with Crippen LogP contribution in [0.2, 0.25) is 17.7 Å². The molecule has 0 fully saturated rings. The number of hydrogen-bond donors (Lipinski definition) is 0. The molecule has 130 valence electrons. The van der Waals surface area contributed by atoms with E-state index in [1.54, 1.807) is 19.4 Å². The first-order valence-corrected chi connectivity index (χ1v) is 17.8. The fraction of sp³-hybridized carbons (Fsp3) is 0.850. The summed E-state index contributed by atoms with van der Waals surface area (Å²) >= 11 is -1.92. The van der Waals surface area contributed by atoms with Crippen molar-refractivity contribution in [3.8, 4) is 0 Å². The van der Waals surface area contributed by atoms with Crippen LogP contribution >= 0.6 is 0 Å². The molecule has 0 aromatic rings. The van der Waals surface area contributed by atoms with E-state index in [4.69, 9.17) is 0 Å². The predicted molar refractivity (Wildman–Crippen MR) is 103 cm³/mol. The number of Topliss-reactive ketones (excluding diaryl/α,β-unsaturated/α-hetero) is 1. The Morgan fingerprint density at radius 3 is 1.68 bits per heavy atom. The maximum atomic E-state index is 11.6. The Labute approximate surface area is 144 Å². The van der Waals surface area contributed by atoms with Crippen molar-refractivity contribution in [1.29, 1.82) is 0 Å². The zero-order valence-corrected chi connectivity index (χ0v) is 18.4. The van der Waals surface area contributed by atoms with Gasteiger partial charge in [-0.3, -0.25) is 0 Å². The molecule has 0 bridgehead atoms. The van der Waals surface area contributed by atoms with Crippen molar-refractivity contribution in [2.24, 2.45) is 0 Å². The number of unbranched alkanes of at least 4 members (excludes halogenated alkanes) is 4. The van der Waals surface area contributed by atoms with Crippen molar-refractivity contribution in [2.45, 2.75) is 103 Å². The molecule has 0 aromatic carbocycles. The molecule has 0 saturated heterocycles. The molecule has 0 aliphatic heterocycles. The zero-order valence-electron chi connectivity index (χ0n) is 15.6. The second-order valence-electron chi connectivity index (χ2n) is 7.05. The molecule has 0 heterocycles. The van der Waals surface area contributed by atoms with Crippen LogP contribution in [-0.2, 0) is 4.79 Å². The third kappa shape index (κ3) is 10.9. The summed E-state index contributed by atoms with van der Waals surface area (Å²) < 4.78 is 6.35. The van der Waals surface area contributed by atoms with Crippen molar-refractivity contribution < 1.29 is 4.79 Å². The average Bonchev–Trinajstić information content (AvgIpc) is 2.52. The van der Waals surface area contributed by atoms with Crippen molar-refractivity contribution in [2.75, 3.05) is 0 Å². The van der Waals surface area contributed by atoms with Gasteiger partial charge in [-0.1, -0.05) is 0 Å². The first-order valence-electron chi connectivity index (χ1n) is 9.76. The topological polar surface area (TPSA) is 17.1 Å². The summed E-state index contributed by atoms with van der Waals surface area (Å²) in [6, 6.07) is 0. The summed E-state index contributed by atoms with van der Waals surface area (Å²) in [5, 5.41) is 0. The van der Waals surface area contributed by atoms with Gasteiger partial charge in [0.2, 0.25) is 0 Å². The summed E-state index contributed by atoms with van der Waals surface area (Å²) in [6.07, 6.45) is 14.0. The zero-order chi connectivity index (χ0) is 16.7. The van der Waals surface area contributed by atoms with Gasteiger partial charge in [-0.15, -0.1) is 0 Å². The fourth-order valence-corrected chi connectivity index (χ4v) is 20.1. The van der Waals surface area contributed by atoms with E-state index in [1.165, 1.54) is 49.4 Å². The van der Waals surface area contributed by atoms with Gasteiger partial charge in [0, 0.05) is 0 Å². The van der Waals surface area contributed by atoms with Crippen molar-refractivity contribution >= 4 is 24.2 Å². The fourth-order valence-electron chi connectivity index (χ4n) is 3.49. The minimum absolute atomic E-state index is 0.381. The predicted octanol–water partition coefficient (Wildman–Crippen LogP) is 7.15. The monoisotopic (exact) mass is 416 g/mol. The summed E-state index contributed by atoms with van der Waals surface area (Å²) in [6.45, 7) is 10.7. The van der Waals surface area contributed by atoms with E-state index in [9.17, 15) is 4.79 Å².